The van der Waals surface area contributed by atoms with Gasteiger partial charge in [0.05, 0.1) is 17.3 Å². The number of hydrogen-bond donors (Lipinski definition) is 3. The maximum absolute atomic E-state index is 9.78. The third kappa shape index (κ3) is 2.56. The van der Waals surface area contributed by atoms with Gasteiger partial charge in [0.15, 0.2) is 0 Å². The van der Waals surface area contributed by atoms with E-state index in [4.69, 9.17) is 0 Å². The number of aromatic hydroxyl groups is 2. The zero-order chi connectivity index (χ0) is 13.1. The van der Waals surface area contributed by atoms with Crippen LogP contribution in [0.2, 0.25) is 0 Å². The van der Waals surface area contributed by atoms with Gasteiger partial charge in [0.2, 0.25) is 0 Å². The number of phenolic OH excluding ortho intramolecular Hbond substituents is 2. The topological polar surface area (TPSA) is 65.4 Å². The maximum atomic E-state index is 9.78. The van der Waals surface area contributed by atoms with E-state index in [1.54, 1.807) is 24.4 Å². The Morgan fingerprint density at radius 1 is 1.17 bits per heavy atom. The van der Waals surface area contributed by atoms with Crippen molar-refractivity contribution < 1.29 is 10.2 Å². The van der Waals surface area contributed by atoms with Crippen LogP contribution in [0.1, 0.15) is 18.5 Å². The van der Waals surface area contributed by atoms with Crippen molar-refractivity contribution in [3.63, 3.8) is 0 Å². The van der Waals surface area contributed by atoms with E-state index in [0.29, 0.717) is 10.2 Å². The van der Waals surface area contributed by atoms with Crippen LogP contribution < -0.4 is 5.32 Å². The zero-order valence-corrected chi connectivity index (χ0v) is 11.3. The highest BCUT2D eigenvalue weighted by Gasteiger charge is 2.15. The minimum absolute atomic E-state index is 0.0648. The Kier molecular flexibility index (Phi) is 3.72. The number of halogens is 1. The normalized spacial score (nSPS) is 12.1. The fraction of sp³-hybridized carbons (Fsp3) is 0.154. The summed E-state index contributed by atoms with van der Waals surface area (Å²) in [5.41, 5.74) is 1.26. The molecule has 2 aromatic rings. The highest BCUT2D eigenvalue weighted by Crippen LogP contribution is 2.34. The molecule has 2 rings (SSSR count). The molecule has 1 heterocycles. The van der Waals surface area contributed by atoms with E-state index in [2.05, 4.69) is 26.2 Å². The predicted octanol–water partition coefficient (Wildman–Crippen LogP) is 3.43. The Morgan fingerprint density at radius 3 is 2.44 bits per heavy atom. The van der Waals surface area contributed by atoms with Gasteiger partial charge in [-0.1, -0.05) is 6.07 Å². The van der Waals surface area contributed by atoms with E-state index in [-0.39, 0.29) is 17.5 Å². The largest absolute Gasteiger partial charge is 0.507 e. The first-order chi connectivity index (χ1) is 8.59. The summed E-state index contributed by atoms with van der Waals surface area (Å²) in [6.45, 7) is 1.86. The molecule has 1 aromatic carbocycles. The van der Waals surface area contributed by atoms with Gasteiger partial charge in [0.25, 0.3) is 0 Å². The number of benzene rings is 1. The van der Waals surface area contributed by atoms with Crippen LogP contribution in [0.15, 0.2) is 41.1 Å². The summed E-state index contributed by atoms with van der Waals surface area (Å²) in [5, 5.41) is 22.7. The van der Waals surface area contributed by atoms with E-state index in [1.165, 1.54) is 0 Å². The number of hydrogen-bond acceptors (Lipinski definition) is 4. The lowest BCUT2D eigenvalue weighted by molar-refractivity contribution is 0.434. The average molecular weight is 309 g/mol. The first-order valence-corrected chi connectivity index (χ1v) is 6.27. The van der Waals surface area contributed by atoms with Gasteiger partial charge >= 0.3 is 0 Å². The highest BCUT2D eigenvalue weighted by atomic mass is 79.9. The Bertz CT molecular complexity index is 540. The SMILES string of the molecule is CC(Nc1cccnc1Br)c1c(O)cccc1O. The van der Waals surface area contributed by atoms with Crippen LogP contribution in [0.5, 0.6) is 11.5 Å². The van der Waals surface area contributed by atoms with Crippen LogP contribution in [-0.2, 0) is 0 Å². The molecule has 0 aliphatic heterocycles. The summed E-state index contributed by atoms with van der Waals surface area (Å²) in [4.78, 5) is 4.10. The lowest BCUT2D eigenvalue weighted by Gasteiger charge is -2.18. The molecule has 1 unspecified atom stereocenters. The average Bonchev–Trinajstić information content (AvgIpc) is 2.32. The monoisotopic (exact) mass is 308 g/mol. The molecule has 4 nitrogen and oxygen atoms in total. The number of nitrogens with zero attached hydrogens (tertiary/aromatic N) is 1. The summed E-state index contributed by atoms with van der Waals surface area (Å²) in [6.07, 6.45) is 1.68. The molecule has 0 bridgehead atoms. The molecule has 1 atom stereocenters. The van der Waals surface area contributed by atoms with Crippen LogP contribution >= 0.6 is 15.9 Å². The van der Waals surface area contributed by atoms with Gasteiger partial charge in [0, 0.05) is 6.20 Å². The molecule has 18 heavy (non-hydrogen) atoms. The molecule has 0 amide bonds. The molecule has 3 N–H and O–H groups in total. The Labute approximate surface area is 113 Å². The van der Waals surface area contributed by atoms with Crippen molar-refractivity contribution in [1.29, 1.82) is 0 Å². The molecular formula is C13H13BrN2O2. The fourth-order valence-electron chi connectivity index (χ4n) is 1.78. The fourth-order valence-corrected chi connectivity index (χ4v) is 2.15. The molecule has 0 aliphatic rings. The number of rotatable bonds is 3. The van der Waals surface area contributed by atoms with E-state index in [1.807, 2.05) is 19.1 Å². The van der Waals surface area contributed by atoms with Crippen LogP contribution in [0.4, 0.5) is 5.69 Å². The smallest absolute Gasteiger partial charge is 0.129 e. The molecule has 94 valence electrons. The first-order valence-electron chi connectivity index (χ1n) is 5.47. The summed E-state index contributed by atoms with van der Waals surface area (Å²) in [7, 11) is 0. The second-order valence-electron chi connectivity index (χ2n) is 3.92. The van der Waals surface area contributed by atoms with Crippen molar-refractivity contribution in [1.82, 2.24) is 4.98 Å². The van der Waals surface area contributed by atoms with Crippen molar-refractivity contribution in [2.45, 2.75) is 13.0 Å². The van der Waals surface area contributed by atoms with Crippen molar-refractivity contribution in [2.24, 2.45) is 0 Å². The van der Waals surface area contributed by atoms with E-state index < -0.39 is 0 Å². The summed E-state index contributed by atoms with van der Waals surface area (Å²) in [5.74, 6) is 0.130. The lowest BCUT2D eigenvalue weighted by Crippen LogP contribution is -2.08. The summed E-state index contributed by atoms with van der Waals surface area (Å²) in [6, 6.07) is 8.12. The van der Waals surface area contributed by atoms with Crippen molar-refractivity contribution in [2.75, 3.05) is 5.32 Å². The van der Waals surface area contributed by atoms with E-state index >= 15 is 0 Å². The second kappa shape index (κ2) is 5.27. The first kappa shape index (κ1) is 12.7. The van der Waals surface area contributed by atoms with E-state index in [9.17, 15) is 10.2 Å². The van der Waals surface area contributed by atoms with Crippen molar-refractivity contribution >= 4 is 21.6 Å². The molecular weight excluding hydrogens is 296 g/mol. The molecule has 0 fully saturated rings. The van der Waals surface area contributed by atoms with E-state index in [0.717, 1.165) is 5.69 Å². The lowest BCUT2D eigenvalue weighted by atomic mass is 10.1. The van der Waals surface area contributed by atoms with Crippen LogP contribution in [0.25, 0.3) is 0 Å². The molecule has 1 aromatic heterocycles. The number of phenols is 2. The van der Waals surface area contributed by atoms with Crippen molar-refractivity contribution in [3.8, 4) is 11.5 Å². The van der Waals surface area contributed by atoms with Crippen LogP contribution in [-0.4, -0.2) is 15.2 Å². The predicted molar refractivity (Wildman–Crippen MR) is 73.7 cm³/mol. The van der Waals surface area contributed by atoms with Gasteiger partial charge in [-0.3, -0.25) is 0 Å². The summed E-state index contributed by atoms with van der Waals surface area (Å²) >= 11 is 3.34. The highest BCUT2D eigenvalue weighted by molar-refractivity contribution is 9.10. The number of nitrogens with one attached hydrogen (secondary N) is 1. The quantitative estimate of drug-likeness (QED) is 0.760. The molecule has 0 radical (unpaired) electrons. The van der Waals surface area contributed by atoms with Crippen molar-refractivity contribution in [3.05, 3.63) is 46.7 Å². The van der Waals surface area contributed by atoms with Gasteiger partial charge < -0.3 is 15.5 Å². The Morgan fingerprint density at radius 2 is 1.83 bits per heavy atom. The molecule has 5 heteroatoms. The Balaban J connectivity index is 2.28. The van der Waals surface area contributed by atoms with Gasteiger partial charge in [-0.15, -0.1) is 0 Å². The van der Waals surface area contributed by atoms with Gasteiger partial charge in [-0.25, -0.2) is 4.98 Å². The van der Waals surface area contributed by atoms with Gasteiger partial charge in [-0.2, -0.15) is 0 Å². The third-order valence-electron chi connectivity index (χ3n) is 2.62. The molecule has 0 saturated carbocycles. The van der Waals surface area contributed by atoms with Crippen LogP contribution in [0.3, 0.4) is 0 Å². The number of aromatic nitrogens is 1. The van der Waals surface area contributed by atoms with Crippen LogP contribution in [0, 0.1) is 0 Å². The minimum atomic E-state index is -0.244. The minimum Gasteiger partial charge on any atom is -0.507 e. The second-order valence-corrected chi connectivity index (χ2v) is 4.67. The summed E-state index contributed by atoms with van der Waals surface area (Å²) < 4.78 is 0.687. The van der Waals surface area contributed by atoms with Gasteiger partial charge in [0.1, 0.15) is 16.1 Å². The number of pyridine rings is 1. The Hall–Kier alpha value is -1.75. The molecule has 0 spiro atoms. The standard InChI is InChI=1S/C13H13BrN2O2/c1-8(12-10(17)5-2-6-11(12)18)16-9-4-3-7-15-13(9)14/h2-8,16-18H,1H3. The maximum Gasteiger partial charge on any atom is 0.129 e. The molecule has 0 saturated heterocycles. The number of anilines is 1. The van der Waals surface area contributed by atoms with Gasteiger partial charge in [-0.05, 0) is 47.1 Å². The zero-order valence-electron chi connectivity index (χ0n) is 9.76. The third-order valence-corrected chi connectivity index (χ3v) is 3.26. The molecule has 0 aliphatic carbocycles.